The highest BCUT2D eigenvalue weighted by atomic mass is 16.5. The van der Waals surface area contributed by atoms with Crippen molar-refractivity contribution in [2.45, 2.75) is 26.2 Å². The number of benzene rings is 4. The van der Waals surface area contributed by atoms with Crippen LogP contribution in [0.3, 0.4) is 0 Å². The number of aryl methyl sites for hydroxylation is 1. The lowest BCUT2D eigenvalue weighted by Gasteiger charge is -2.20. The van der Waals surface area contributed by atoms with Gasteiger partial charge in [0.25, 0.3) is 0 Å². The summed E-state index contributed by atoms with van der Waals surface area (Å²) in [6, 6.07) is 34.7. The summed E-state index contributed by atoms with van der Waals surface area (Å²) < 4.78 is 12.7. The number of fused-ring (bicyclic) bond motifs is 4. The standard InChI is InChI=1S/C36H29N5O/c1-36(2,3)25-16-17-38-35(19-25)41-31-15-12-24(22-37)18-30(31)29-14-13-28(21-34(29)41)42-27-9-7-8-26(20-27)40-23-39(4)32-10-5-6-11-33(32)40/h5-21H,1-4H3. The molecule has 0 radical (unpaired) electrons. The van der Waals surface area contributed by atoms with Crippen molar-refractivity contribution in [2.75, 3.05) is 0 Å². The van der Waals surface area contributed by atoms with Gasteiger partial charge < -0.3 is 13.9 Å². The van der Waals surface area contributed by atoms with Gasteiger partial charge in [-0.05, 0) is 65.6 Å². The number of nitrogens with zero attached hydrogens (tertiary/aromatic N) is 5. The van der Waals surface area contributed by atoms with Gasteiger partial charge in [-0.15, -0.1) is 0 Å². The maximum atomic E-state index is 9.60. The quantitative estimate of drug-likeness (QED) is 0.168. The number of hydrogen-bond donors (Lipinski definition) is 0. The molecule has 0 spiro atoms. The summed E-state index contributed by atoms with van der Waals surface area (Å²) in [6.45, 7) is 6.60. The fraction of sp³-hybridized carbons (Fsp3) is 0.139. The number of hydrogen-bond acceptors (Lipinski definition) is 3. The molecule has 0 saturated heterocycles. The minimum atomic E-state index is -0.0246. The highest BCUT2D eigenvalue weighted by molar-refractivity contribution is 6.10. The molecule has 0 aliphatic rings. The Balaban J connectivity index is 1.35. The number of imidazole rings is 1. The number of aromatic nitrogens is 4. The first-order valence-electron chi connectivity index (χ1n) is 13.9. The molecule has 204 valence electrons. The van der Waals surface area contributed by atoms with Crippen LogP contribution < -0.4 is 9.30 Å². The van der Waals surface area contributed by atoms with E-state index in [2.05, 4.69) is 80.2 Å². The van der Waals surface area contributed by atoms with Crippen LogP contribution >= 0.6 is 0 Å². The summed E-state index contributed by atoms with van der Waals surface area (Å²) in [5.74, 6) is 2.26. The second kappa shape index (κ2) is 9.60. The van der Waals surface area contributed by atoms with E-state index in [1.165, 1.54) is 5.56 Å². The summed E-state index contributed by atoms with van der Waals surface area (Å²) in [5, 5.41) is 11.6. The summed E-state index contributed by atoms with van der Waals surface area (Å²) in [6.07, 6.45) is 5.26. The number of ether oxygens (including phenoxy) is 1. The predicted molar refractivity (Wildman–Crippen MR) is 165 cm³/mol. The molecule has 0 N–H and O–H groups in total. The zero-order valence-electron chi connectivity index (χ0n) is 24.0. The largest absolute Gasteiger partial charge is 0.458 e. The second-order valence-corrected chi connectivity index (χ2v) is 11.6. The van der Waals surface area contributed by atoms with E-state index in [-0.39, 0.29) is 5.41 Å². The number of rotatable bonds is 4. The van der Waals surface area contributed by atoms with Gasteiger partial charge in [0, 0.05) is 23.0 Å². The fourth-order valence-corrected chi connectivity index (χ4v) is 5.60. The van der Waals surface area contributed by atoms with Gasteiger partial charge in [-0.3, -0.25) is 4.57 Å². The highest BCUT2D eigenvalue weighted by Gasteiger charge is 2.19. The van der Waals surface area contributed by atoms with Gasteiger partial charge in [-0.25, -0.2) is 4.98 Å². The van der Waals surface area contributed by atoms with Crippen LogP contribution in [0.4, 0.5) is 0 Å². The second-order valence-electron chi connectivity index (χ2n) is 11.6. The van der Waals surface area contributed by atoms with E-state index < -0.39 is 0 Å². The van der Waals surface area contributed by atoms with Crippen molar-refractivity contribution in [2.24, 2.45) is 7.05 Å². The van der Waals surface area contributed by atoms with Crippen LogP contribution in [0.2, 0.25) is 0 Å². The molecule has 0 aliphatic carbocycles. The Labute approximate surface area is 244 Å². The Morgan fingerprint density at radius 3 is 2.48 bits per heavy atom. The maximum absolute atomic E-state index is 9.60. The predicted octanol–water partition coefficient (Wildman–Crippen LogP) is 7.71. The molecule has 3 aromatic heterocycles. The fourth-order valence-electron chi connectivity index (χ4n) is 5.60. The number of pyridine rings is 1. The van der Waals surface area contributed by atoms with Crippen molar-refractivity contribution in [3.05, 3.63) is 121 Å². The molecule has 0 fully saturated rings. The number of nitriles is 1. The van der Waals surface area contributed by atoms with Gasteiger partial charge >= 0.3 is 0 Å². The normalized spacial score (nSPS) is 11.8. The van der Waals surface area contributed by atoms with Gasteiger partial charge in [0.05, 0.1) is 46.4 Å². The average molecular weight is 548 g/mol. The van der Waals surface area contributed by atoms with Crippen LogP contribution in [-0.4, -0.2) is 14.1 Å². The molecular formula is C36H29N5O. The molecular weight excluding hydrogens is 518 g/mol. The van der Waals surface area contributed by atoms with E-state index in [1.807, 2.05) is 77.0 Å². The minimum absolute atomic E-state index is 0.0246. The summed E-state index contributed by atoms with van der Waals surface area (Å²) in [7, 11) is 2.00. The molecule has 7 rings (SSSR count). The lowest BCUT2D eigenvalue weighted by molar-refractivity contribution is -0.572. The van der Waals surface area contributed by atoms with Gasteiger partial charge in [-0.1, -0.05) is 57.2 Å². The molecule has 0 aliphatic heterocycles. The average Bonchev–Trinajstić information content (AvgIpc) is 3.51. The van der Waals surface area contributed by atoms with Crippen LogP contribution in [0.1, 0.15) is 31.9 Å². The molecule has 4 aromatic carbocycles. The molecule has 0 saturated carbocycles. The molecule has 6 nitrogen and oxygen atoms in total. The number of para-hydroxylation sites is 2. The minimum Gasteiger partial charge on any atom is -0.458 e. The SMILES string of the molecule is Cn1[c-][n+](-c2cccc(Oc3ccc4c5cc(C#N)ccc5n(-c5cc(C(C)(C)C)ccn5)c4c3)c2)c2ccccc21. The molecule has 0 bridgehead atoms. The Bertz CT molecular complexity index is 2190. The van der Waals surface area contributed by atoms with E-state index in [4.69, 9.17) is 9.72 Å². The van der Waals surface area contributed by atoms with Crippen LogP contribution in [-0.2, 0) is 12.5 Å². The third kappa shape index (κ3) is 4.27. The van der Waals surface area contributed by atoms with Gasteiger partial charge in [0.1, 0.15) is 17.3 Å². The molecule has 3 heterocycles. The van der Waals surface area contributed by atoms with E-state index in [9.17, 15) is 5.26 Å². The van der Waals surface area contributed by atoms with Crippen molar-refractivity contribution in [3.8, 4) is 29.1 Å². The van der Waals surface area contributed by atoms with Crippen LogP contribution in [0, 0.1) is 17.7 Å². The molecule has 0 amide bonds. The van der Waals surface area contributed by atoms with Crippen molar-refractivity contribution < 1.29 is 9.30 Å². The Kier molecular flexibility index (Phi) is 5.84. The third-order valence-electron chi connectivity index (χ3n) is 7.75. The Morgan fingerprint density at radius 2 is 1.64 bits per heavy atom. The van der Waals surface area contributed by atoms with Crippen molar-refractivity contribution in [1.29, 1.82) is 5.26 Å². The highest BCUT2D eigenvalue weighted by Crippen LogP contribution is 2.36. The van der Waals surface area contributed by atoms with Gasteiger partial charge in [-0.2, -0.15) is 5.26 Å². The zero-order valence-corrected chi connectivity index (χ0v) is 24.0. The summed E-state index contributed by atoms with van der Waals surface area (Å²) >= 11 is 0. The summed E-state index contributed by atoms with van der Waals surface area (Å²) in [4.78, 5) is 4.77. The summed E-state index contributed by atoms with van der Waals surface area (Å²) in [5.41, 5.74) is 6.89. The first-order chi connectivity index (χ1) is 20.3. The van der Waals surface area contributed by atoms with Gasteiger partial charge in [0.2, 0.25) is 6.33 Å². The van der Waals surface area contributed by atoms with Crippen LogP contribution in [0.15, 0.2) is 103 Å². The molecule has 0 unspecified atom stereocenters. The molecule has 0 atom stereocenters. The topological polar surface area (TPSA) is 59.6 Å². The van der Waals surface area contributed by atoms with Crippen LogP contribution in [0.5, 0.6) is 11.5 Å². The first-order valence-corrected chi connectivity index (χ1v) is 13.9. The van der Waals surface area contributed by atoms with E-state index in [1.54, 1.807) is 0 Å². The lowest BCUT2D eigenvalue weighted by Crippen LogP contribution is -2.29. The van der Waals surface area contributed by atoms with E-state index in [0.29, 0.717) is 11.3 Å². The molecule has 7 aromatic rings. The van der Waals surface area contributed by atoms with Crippen LogP contribution in [0.25, 0.3) is 44.3 Å². The van der Waals surface area contributed by atoms with E-state index >= 15 is 0 Å². The Morgan fingerprint density at radius 1 is 0.810 bits per heavy atom. The van der Waals surface area contributed by atoms with E-state index in [0.717, 1.165) is 50.1 Å². The Hall–Kier alpha value is -5.41. The monoisotopic (exact) mass is 547 g/mol. The van der Waals surface area contributed by atoms with Crippen molar-refractivity contribution in [3.63, 3.8) is 0 Å². The first kappa shape index (κ1) is 25.6. The lowest BCUT2D eigenvalue weighted by atomic mass is 9.88. The van der Waals surface area contributed by atoms with Crippen molar-refractivity contribution in [1.82, 2.24) is 14.1 Å². The smallest absolute Gasteiger partial charge is 0.244 e. The molecule has 6 heteroatoms. The maximum Gasteiger partial charge on any atom is 0.244 e. The zero-order chi connectivity index (χ0) is 29.0. The molecule has 42 heavy (non-hydrogen) atoms. The van der Waals surface area contributed by atoms with Crippen molar-refractivity contribution >= 4 is 32.8 Å². The van der Waals surface area contributed by atoms with Gasteiger partial charge in [0.15, 0.2) is 0 Å². The third-order valence-corrected chi connectivity index (χ3v) is 7.75.